The zero-order valence-electron chi connectivity index (χ0n) is 12.6. The van der Waals surface area contributed by atoms with Crippen LogP contribution < -0.4 is 10.6 Å². The SMILES string of the molecule is CNc1nc(C2CC2)nc(NC2CCC(OC)C2)c1C. The summed E-state index contributed by atoms with van der Waals surface area (Å²) in [5.41, 5.74) is 1.11. The lowest BCUT2D eigenvalue weighted by atomic mass is 10.2. The van der Waals surface area contributed by atoms with Gasteiger partial charge in [0.15, 0.2) is 0 Å². The molecule has 2 saturated carbocycles. The first-order chi connectivity index (χ1) is 9.71. The summed E-state index contributed by atoms with van der Waals surface area (Å²) in [7, 11) is 3.72. The smallest absolute Gasteiger partial charge is 0.136 e. The van der Waals surface area contributed by atoms with Gasteiger partial charge in [-0.3, -0.25) is 0 Å². The zero-order chi connectivity index (χ0) is 14.1. The number of nitrogens with one attached hydrogen (secondary N) is 2. The minimum absolute atomic E-state index is 0.390. The van der Waals surface area contributed by atoms with Crippen LogP contribution in [-0.4, -0.2) is 36.3 Å². The minimum atomic E-state index is 0.390. The van der Waals surface area contributed by atoms with Crippen LogP contribution in [0.4, 0.5) is 11.6 Å². The summed E-state index contributed by atoms with van der Waals surface area (Å²) >= 11 is 0. The maximum atomic E-state index is 5.44. The summed E-state index contributed by atoms with van der Waals surface area (Å²) in [6.45, 7) is 2.08. The topological polar surface area (TPSA) is 59.1 Å². The number of methoxy groups -OCH3 is 1. The van der Waals surface area contributed by atoms with E-state index in [1.165, 1.54) is 12.8 Å². The van der Waals surface area contributed by atoms with Crippen LogP contribution in [0.2, 0.25) is 0 Å². The van der Waals surface area contributed by atoms with Gasteiger partial charge < -0.3 is 15.4 Å². The first kappa shape index (κ1) is 13.6. The summed E-state index contributed by atoms with van der Waals surface area (Å²) in [6, 6.07) is 0.463. The van der Waals surface area contributed by atoms with Gasteiger partial charge in [-0.2, -0.15) is 0 Å². The summed E-state index contributed by atoms with van der Waals surface area (Å²) < 4.78 is 5.44. The third-order valence-corrected chi connectivity index (χ3v) is 4.40. The molecule has 2 atom stereocenters. The van der Waals surface area contributed by atoms with E-state index >= 15 is 0 Å². The second-order valence-corrected chi connectivity index (χ2v) is 5.94. The quantitative estimate of drug-likeness (QED) is 0.866. The van der Waals surface area contributed by atoms with E-state index in [2.05, 4.69) is 22.5 Å². The molecule has 110 valence electrons. The van der Waals surface area contributed by atoms with Crippen molar-refractivity contribution in [2.24, 2.45) is 0 Å². The maximum Gasteiger partial charge on any atom is 0.136 e. The number of hydrogen-bond donors (Lipinski definition) is 2. The Labute approximate surface area is 120 Å². The number of aromatic nitrogens is 2. The lowest BCUT2D eigenvalue weighted by Crippen LogP contribution is -2.20. The zero-order valence-corrected chi connectivity index (χ0v) is 12.6. The van der Waals surface area contributed by atoms with Gasteiger partial charge in [0, 0.05) is 31.7 Å². The molecule has 1 aromatic rings. The van der Waals surface area contributed by atoms with Gasteiger partial charge in [-0.25, -0.2) is 9.97 Å². The molecule has 20 heavy (non-hydrogen) atoms. The molecule has 0 aromatic carbocycles. The van der Waals surface area contributed by atoms with Crippen molar-refractivity contribution in [1.82, 2.24) is 9.97 Å². The molecule has 5 heteroatoms. The molecule has 2 fully saturated rings. The molecule has 2 aliphatic carbocycles. The van der Waals surface area contributed by atoms with Gasteiger partial charge in [0.25, 0.3) is 0 Å². The fourth-order valence-corrected chi connectivity index (χ4v) is 2.92. The van der Waals surface area contributed by atoms with Crippen molar-refractivity contribution in [3.63, 3.8) is 0 Å². The third kappa shape index (κ3) is 2.73. The average molecular weight is 276 g/mol. The lowest BCUT2D eigenvalue weighted by Gasteiger charge is -2.18. The minimum Gasteiger partial charge on any atom is -0.381 e. The molecule has 1 aromatic heterocycles. The summed E-state index contributed by atoms with van der Waals surface area (Å²) in [4.78, 5) is 9.39. The fraction of sp³-hybridized carbons (Fsp3) is 0.733. The molecule has 1 heterocycles. The van der Waals surface area contributed by atoms with Crippen LogP contribution in [0.1, 0.15) is 49.4 Å². The standard InChI is InChI=1S/C15H24N4O/c1-9-13(16-2)18-15(10-4-5-10)19-14(9)17-11-6-7-12(8-11)20-3/h10-12H,4-8H2,1-3H3,(H2,16,17,18,19). The van der Waals surface area contributed by atoms with Gasteiger partial charge in [0.2, 0.25) is 0 Å². The number of nitrogens with zero attached hydrogens (tertiary/aromatic N) is 2. The highest BCUT2D eigenvalue weighted by Gasteiger charge is 2.29. The molecule has 2 unspecified atom stereocenters. The van der Waals surface area contributed by atoms with E-state index < -0.39 is 0 Å². The Kier molecular flexibility index (Phi) is 3.78. The third-order valence-electron chi connectivity index (χ3n) is 4.40. The molecule has 3 rings (SSSR count). The normalized spacial score (nSPS) is 25.8. The molecule has 0 saturated heterocycles. The van der Waals surface area contributed by atoms with E-state index in [1.54, 1.807) is 7.11 Å². The molecule has 2 N–H and O–H groups in total. The summed E-state index contributed by atoms with van der Waals surface area (Å²) in [5.74, 6) is 3.50. The largest absolute Gasteiger partial charge is 0.381 e. The molecular weight excluding hydrogens is 252 g/mol. The number of hydrogen-bond acceptors (Lipinski definition) is 5. The van der Waals surface area contributed by atoms with E-state index in [-0.39, 0.29) is 0 Å². The lowest BCUT2D eigenvalue weighted by molar-refractivity contribution is 0.108. The first-order valence-electron chi connectivity index (χ1n) is 7.57. The predicted octanol–water partition coefficient (Wildman–Crippen LogP) is 2.68. The Morgan fingerprint density at radius 2 is 1.85 bits per heavy atom. The van der Waals surface area contributed by atoms with Gasteiger partial charge in [0.05, 0.1) is 6.10 Å². The van der Waals surface area contributed by atoms with Crippen LogP contribution in [0.3, 0.4) is 0 Å². The van der Waals surface area contributed by atoms with Gasteiger partial charge in [0.1, 0.15) is 17.5 Å². The number of ether oxygens (including phenoxy) is 1. The van der Waals surface area contributed by atoms with Crippen LogP contribution in [0, 0.1) is 6.92 Å². The Morgan fingerprint density at radius 1 is 1.10 bits per heavy atom. The molecular formula is C15H24N4O. The summed E-state index contributed by atoms with van der Waals surface area (Å²) in [6.07, 6.45) is 6.18. The van der Waals surface area contributed by atoms with Crippen molar-refractivity contribution in [3.8, 4) is 0 Å². The van der Waals surface area contributed by atoms with Crippen molar-refractivity contribution in [2.45, 2.75) is 57.1 Å². The molecule has 5 nitrogen and oxygen atoms in total. The van der Waals surface area contributed by atoms with E-state index in [1.807, 2.05) is 7.05 Å². The molecule has 0 bridgehead atoms. The fourth-order valence-electron chi connectivity index (χ4n) is 2.92. The van der Waals surface area contributed by atoms with Crippen LogP contribution in [0.5, 0.6) is 0 Å². The van der Waals surface area contributed by atoms with E-state index in [9.17, 15) is 0 Å². The Morgan fingerprint density at radius 3 is 2.45 bits per heavy atom. The molecule has 0 radical (unpaired) electrons. The number of rotatable bonds is 5. The van der Waals surface area contributed by atoms with Gasteiger partial charge in [-0.05, 0) is 39.0 Å². The highest BCUT2D eigenvalue weighted by atomic mass is 16.5. The second-order valence-electron chi connectivity index (χ2n) is 5.94. The van der Waals surface area contributed by atoms with Crippen molar-refractivity contribution >= 4 is 11.6 Å². The van der Waals surface area contributed by atoms with Crippen LogP contribution >= 0.6 is 0 Å². The van der Waals surface area contributed by atoms with Crippen molar-refractivity contribution in [2.75, 3.05) is 24.8 Å². The van der Waals surface area contributed by atoms with Crippen LogP contribution in [-0.2, 0) is 4.74 Å². The molecule has 0 aliphatic heterocycles. The monoisotopic (exact) mass is 276 g/mol. The first-order valence-corrected chi connectivity index (χ1v) is 7.57. The molecule has 0 spiro atoms. The highest BCUT2D eigenvalue weighted by molar-refractivity contribution is 5.57. The van der Waals surface area contributed by atoms with E-state index in [0.717, 1.165) is 42.3 Å². The predicted molar refractivity (Wildman–Crippen MR) is 80.3 cm³/mol. The van der Waals surface area contributed by atoms with E-state index in [0.29, 0.717) is 18.1 Å². The van der Waals surface area contributed by atoms with Crippen molar-refractivity contribution < 1.29 is 4.74 Å². The average Bonchev–Trinajstić information content (AvgIpc) is 3.21. The second kappa shape index (κ2) is 5.56. The van der Waals surface area contributed by atoms with Crippen molar-refractivity contribution in [3.05, 3.63) is 11.4 Å². The van der Waals surface area contributed by atoms with E-state index in [4.69, 9.17) is 9.72 Å². The number of anilines is 2. The highest BCUT2D eigenvalue weighted by Crippen LogP contribution is 2.39. The van der Waals surface area contributed by atoms with Gasteiger partial charge in [-0.15, -0.1) is 0 Å². The van der Waals surface area contributed by atoms with Crippen LogP contribution in [0.25, 0.3) is 0 Å². The Hall–Kier alpha value is -1.36. The van der Waals surface area contributed by atoms with Gasteiger partial charge in [-0.1, -0.05) is 0 Å². The van der Waals surface area contributed by atoms with Gasteiger partial charge >= 0.3 is 0 Å². The molecule has 2 aliphatic rings. The molecule has 0 amide bonds. The maximum absolute atomic E-state index is 5.44. The Bertz CT molecular complexity index is 487. The van der Waals surface area contributed by atoms with Crippen molar-refractivity contribution in [1.29, 1.82) is 0 Å². The van der Waals surface area contributed by atoms with Crippen LogP contribution in [0.15, 0.2) is 0 Å². The summed E-state index contributed by atoms with van der Waals surface area (Å²) in [5, 5.41) is 6.79. The Balaban J connectivity index is 1.79.